The predicted octanol–water partition coefficient (Wildman–Crippen LogP) is 2.09. The van der Waals surface area contributed by atoms with Crippen LogP contribution in [0.3, 0.4) is 0 Å². The number of nitrogens with zero attached hydrogens (tertiary/aromatic N) is 2. The third-order valence-corrected chi connectivity index (χ3v) is 4.62. The van der Waals surface area contributed by atoms with Crippen LogP contribution in [0.15, 0.2) is 29.1 Å². The highest BCUT2D eigenvalue weighted by atomic mass is 16.5. The number of nitrogens with one attached hydrogen (secondary N) is 1. The van der Waals surface area contributed by atoms with Gasteiger partial charge in [0.1, 0.15) is 5.82 Å². The monoisotopic (exact) mass is 329 g/mol. The SMILES string of the molecule is CCN(Cc1nc2ccccc2c(=O)[nH]1)C(=O)[C@H]1CCCO[C@@H]1C. The standard InChI is InChI=1S/C18H23N3O3/c1-3-21(18(23)13-8-6-10-24-12(13)2)11-16-19-15-9-5-4-7-14(15)17(22)20-16/h4-5,7,9,12-13H,3,6,8,10-11H2,1-2H3,(H,19,20,22)/t12-,13+/m1/s1. The molecule has 1 aliphatic rings. The van der Waals surface area contributed by atoms with Crippen molar-refractivity contribution in [3.63, 3.8) is 0 Å². The topological polar surface area (TPSA) is 75.3 Å². The van der Waals surface area contributed by atoms with Crippen molar-refractivity contribution in [3.05, 3.63) is 40.4 Å². The molecular formula is C18H23N3O3. The maximum atomic E-state index is 12.8. The van der Waals surface area contributed by atoms with Gasteiger partial charge in [-0.05, 0) is 38.8 Å². The average Bonchev–Trinajstić information content (AvgIpc) is 2.59. The van der Waals surface area contributed by atoms with Crippen molar-refractivity contribution in [3.8, 4) is 0 Å². The van der Waals surface area contributed by atoms with Crippen LogP contribution in [0, 0.1) is 5.92 Å². The maximum absolute atomic E-state index is 12.8. The summed E-state index contributed by atoms with van der Waals surface area (Å²) in [6, 6.07) is 7.21. The van der Waals surface area contributed by atoms with Crippen molar-refractivity contribution in [2.45, 2.75) is 39.3 Å². The van der Waals surface area contributed by atoms with E-state index in [-0.39, 0.29) is 23.5 Å². The number of para-hydroxylation sites is 1. The second-order valence-corrected chi connectivity index (χ2v) is 6.21. The van der Waals surface area contributed by atoms with E-state index in [0.29, 0.717) is 29.8 Å². The van der Waals surface area contributed by atoms with Gasteiger partial charge in [-0.1, -0.05) is 12.1 Å². The fourth-order valence-electron chi connectivity index (χ4n) is 3.22. The van der Waals surface area contributed by atoms with Crippen LogP contribution < -0.4 is 5.56 Å². The van der Waals surface area contributed by atoms with Crippen LogP contribution in [0.2, 0.25) is 0 Å². The Bertz CT molecular complexity index is 786. The number of amides is 1. The van der Waals surface area contributed by atoms with Crippen molar-refractivity contribution in [1.29, 1.82) is 0 Å². The number of hydrogen-bond acceptors (Lipinski definition) is 4. The smallest absolute Gasteiger partial charge is 0.258 e. The zero-order valence-corrected chi connectivity index (χ0v) is 14.1. The highest BCUT2D eigenvalue weighted by Crippen LogP contribution is 2.23. The van der Waals surface area contributed by atoms with Crippen LogP contribution in [0.25, 0.3) is 10.9 Å². The first-order chi connectivity index (χ1) is 11.6. The van der Waals surface area contributed by atoms with Crippen LogP contribution in [-0.2, 0) is 16.1 Å². The van der Waals surface area contributed by atoms with Gasteiger partial charge in [-0.25, -0.2) is 4.98 Å². The number of carbonyl (C=O) groups excluding carboxylic acids is 1. The van der Waals surface area contributed by atoms with Gasteiger partial charge in [0.2, 0.25) is 5.91 Å². The molecule has 0 saturated carbocycles. The number of benzene rings is 1. The summed E-state index contributed by atoms with van der Waals surface area (Å²) < 4.78 is 5.61. The Morgan fingerprint density at radius 3 is 2.96 bits per heavy atom. The summed E-state index contributed by atoms with van der Waals surface area (Å²) in [5.74, 6) is 0.463. The Balaban J connectivity index is 1.82. The molecule has 3 rings (SSSR count). The third-order valence-electron chi connectivity index (χ3n) is 4.62. The van der Waals surface area contributed by atoms with Gasteiger partial charge in [0.25, 0.3) is 5.56 Å². The number of H-pyrrole nitrogens is 1. The lowest BCUT2D eigenvalue weighted by Crippen LogP contribution is -2.43. The summed E-state index contributed by atoms with van der Waals surface area (Å²) in [7, 11) is 0. The van der Waals surface area contributed by atoms with E-state index in [1.165, 1.54) is 0 Å². The molecule has 128 valence electrons. The van der Waals surface area contributed by atoms with Crippen molar-refractivity contribution in [2.24, 2.45) is 5.92 Å². The Kier molecular flexibility index (Phi) is 4.94. The number of ether oxygens (including phenoxy) is 1. The molecule has 1 aliphatic heterocycles. The predicted molar refractivity (Wildman–Crippen MR) is 91.6 cm³/mol. The lowest BCUT2D eigenvalue weighted by Gasteiger charge is -2.32. The second-order valence-electron chi connectivity index (χ2n) is 6.21. The van der Waals surface area contributed by atoms with Gasteiger partial charge in [0, 0.05) is 13.2 Å². The van der Waals surface area contributed by atoms with Gasteiger partial charge in [-0.15, -0.1) is 0 Å². The van der Waals surface area contributed by atoms with E-state index < -0.39 is 0 Å². The number of carbonyl (C=O) groups is 1. The van der Waals surface area contributed by atoms with E-state index in [4.69, 9.17) is 4.74 Å². The first kappa shape index (κ1) is 16.6. The molecule has 24 heavy (non-hydrogen) atoms. The highest BCUT2D eigenvalue weighted by molar-refractivity contribution is 5.80. The molecule has 1 aromatic carbocycles. The van der Waals surface area contributed by atoms with E-state index >= 15 is 0 Å². The summed E-state index contributed by atoms with van der Waals surface area (Å²) in [5, 5.41) is 0.560. The fourth-order valence-corrected chi connectivity index (χ4v) is 3.22. The first-order valence-electron chi connectivity index (χ1n) is 8.48. The van der Waals surface area contributed by atoms with E-state index in [2.05, 4.69) is 9.97 Å². The molecule has 1 amide bonds. The molecule has 2 aromatic rings. The Morgan fingerprint density at radius 2 is 2.21 bits per heavy atom. The van der Waals surface area contributed by atoms with Gasteiger partial charge in [-0.3, -0.25) is 9.59 Å². The van der Waals surface area contributed by atoms with E-state index in [1.54, 1.807) is 11.0 Å². The van der Waals surface area contributed by atoms with Crippen molar-refractivity contribution < 1.29 is 9.53 Å². The van der Waals surface area contributed by atoms with Gasteiger partial charge in [0.15, 0.2) is 0 Å². The molecule has 1 saturated heterocycles. The van der Waals surface area contributed by atoms with Crippen LogP contribution in [-0.4, -0.2) is 40.0 Å². The van der Waals surface area contributed by atoms with Crippen molar-refractivity contribution >= 4 is 16.8 Å². The molecule has 0 radical (unpaired) electrons. The zero-order chi connectivity index (χ0) is 17.1. The van der Waals surface area contributed by atoms with E-state index in [9.17, 15) is 9.59 Å². The number of aromatic amines is 1. The molecular weight excluding hydrogens is 306 g/mol. The first-order valence-corrected chi connectivity index (χ1v) is 8.48. The largest absolute Gasteiger partial charge is 0.378 e. The minimum Gasteiger partial charge on any atom is -0.378 e. The molecule has 2 atom stereocenters. The van der Waals surface area contributed by atoms with Crippen molar-refractivity contribution in [1.82, 2.24) is 14.9 Å². The van der Waals surface area contributed by atoms with Gasteiger partial charge in [0.05, 0.1) is 29.5 Å². The highest BCUT2D eigenvalue weighted by Gasteiger charge is 2.31. The minimum absolute atomic E-state index is 0.0658. The lowest BCUT2D eigenvalue weighted by atomic mass is 9.94. The summed E-state index contributed by atoms with van der Waals surface area (Å²) in [6.07, 6.45) is 1.69. The molecule has 6 nitrogen and oxygen atoms in total. The fraction of sp³-hybridized carbons (Fsp3) is 0.500. The molecule has 0 unspecified atom stereocenters. The van der Waals surface area contributed by atoms with Crippen molar-refractivity contribution in [2.75, 3.05) is 13.2 Å². The molecule has 1 N–H and O–H groups in total. The van der Waals surface area contributed by atoms with E-state index in [0.717, 1.165) is 19.4 Å². The van der Waals surface area contributed by atoms with E-state index in [1.807, 2.05) is 32.0 Å². The quantitative estimate of drug-likeness (QED) is 0.932. The van der Waals surface area contributed by atoms with Crippen LogP contribution in [0.4, 0.5) is 0 Å². The summed E-state index contributed by atoms with van der Waals surface area (Å²) in [4.78, 5) is 34.0. The average molecular weight is 329 g/mol. The number of hydrogen-bond donors (Lipinski definition) is 1. The molecule has 1 aromatic heterocycles. The molecule has 6 heteroatoms. The van der Waals surface area contributed by atoms with Crippen LogP contribution >= 0.6 is 0 Å². The number of aromatic nitrogens is 2. The zero-order valence-electron chi connectivity index (χ0n) is 14.1. The third kappa shape index (κ3) is 3.33. The molecule has 0 bridgehead atoms. The van der Waals surface area contributed by atoms with Gasteiger partial charge < -0.3 is 14.6 Å². The summed E-state index contributed by atoms with van der Waals surface area (Å²) in [5.41, 5.74) is 0.475. The molecule has 0 aliphatic carbocycles. The maximum Gasteiger partial charge on any atom is 0.258 e. The Labute approximate surface area is 140 Å². The Morgan fingerprint density at radius 1 is 1.42 bits per heavy atom. The van der Waals surface area contributed by atoms with Crippen LogP contribution in [0.1, 0.15) is 32.5 Å². The van der Waals surface area contributed by atoms with Gasteiger partial charge in [-0.2, -0.15) is 0 Å². The van der Waals surface area contributed by atoms with Crippen LogP contribution in [0.5, 0.6) is 0 Å². The number of fused-ring (bicyclic) bond motifs is 1. The molecule has 1 fully saturated rings. The lowest BCUT2D eigenvalue weighted by molar-refractivity contribution is -0.144. The molecule has 2 heterocycles. The molecule has 0 spiro atoms. The summed E-state index contributed by atoms with van der Waals surface area (Å²) in [6.45, 7) is 5.48. The summed E-state index contributed by atoms with van der Waals surface area (Å²) >= 11 is 0. The number of rotatable bonds is 4. The van der Waals surface area contributed by atoms with Gasteiger partial charge >= 0.3 is 0 Å². The second kappa shape index (κ2) is 7.13. The normalized spacial score (nSPS) is 20.9. The minimum atomic E-state index is -0.173. The Hall–Kier alpha value is -2.21.